The van der Waals surface area contributed by atoms with Crippen LogP contribution in [-0.4, -0.2) is 26.5 Å². The van der Waals surface area contributed by atoms with Gasteiger partial charge in [0, 0.05) is 6.07 Å². The molecule has 110 valence electrons. The van der Waals surface area contributed by atoms with Gasteiger partial charge in [-0.2, -0.15) is 0 Å². The molecule has 21 heavy (non-hydrogen) atoms. The van der Waals surface area contributed by atoms with E-state index in [2.05, 4.69) is 10.3 Å². The number of hydrogen-bond donors (Lipinski definition) is 2. The number of anilines is 1. The summed E-state index contributed by atoms with van der Waals surface area (Å²) in [6, 6.07) is 3.02. The molecule has 1 aromatic heterocycles. The van der Waals surface area contributed by atoms with E-state index in [-0.39, 0.29) is 11.4 Å². The summed E-state index contributed by atoms with van der Waals surface area (Å²) in [5.41, 5.74) is -0.340. The Morgan fingerprint density at radius 3 is 2.76 bits per heavy atom. The maximum absolute atomic E-state index is 11.4. The van der Waals surface area contributed by atoms with Crippen molar-refractivity contribution in [2.45, 2.75) is 31.7 Å². The molecule has 1 aliphatic carbocycles. The van der Waals surface area contributed by atoms with E-state index in [0.29, 0.717) is 18.4 Å². The molecule has 7 nitrogen and oxygen atoms in total. The summed E-state index contributed by atoms with van der Waals surface area (Å²) >= 11 is 1.38. The second-order valence-electron chi connectivity index (χ2n) is 5.19. The zero-order valence-corrected chi connectivity index (χ0v) is 12.1. The minimum atomic E-state index is -1.09. The Kier molecular flexibility index (Phi) is 3.05. The number of benzene rings is 1. The lowest BCUT2D eigenvalue weighted by Gasteiger charge is -2.38. The maximum Gasteiger partial charge on any atom is 0.329 e. The Bertz CT molecular complexity index is 751. The lowest BCUT2D eigenvalue weighted by Crippen LogP contribution is -2.52. The molecule has 0 aliphatic heterocycles. The van der Waals surface area contributed by atoms with Crippen LogP contribution in [0.2, 0.25) is 0 Å². The van der Waals surface area contributed by atoms with Crippen LogP contribution in [0.5, 0.6) is 0 Å². The highest BCUT2D eigenvalue weighted by Gasteiger charge is 2.45. The van der Waals surface area contributed by atoms with Gasteiger partial charge in [-0.1, -0.05) is 0 Å². The molecule has 0 spiro atoms. The molecule has 0 amide bonds. The lowest BCUT2D eigenvalue weighted by atomic mass is 9.76. The van der Waals surface area contributed by atoms with E-state index in [9.17, 15) is 20.0 Å². The van der Waals surface area contributed by atoms with E-state index >= 15 is 0 Å². The third kappa shape index (κ3) is 2.21. The first-order chi connectivity index (χ1) is 9.91. The van der Waals surface area contributed by atoms with Crippen LogP contribution in [0.4, 0.5) is 11.4 Å². The Morgan fingerprint density at radius 1 is 1.52 bits per heavy atom. The summed E-state index contributed by atoms with van der Waals surface area (Å²) in [7, 11) is 0. The average molecular weight is 307 g/mol. The van der Waals surface area contributed by atoms with Crippen molar-refractivity contribution in [3.8, 4) is 0 Å². The van der Waals surface area contributed by atoms with Crippen molar-refractivity contribution in [3.05, 3.63) is 27.3 Å². The van der Waals surface area contributed by atoms with Gasteiger partial charge in [0.05, 0.1) is 20.1 Å². The Morgan fingerprint density at radius 2 is 2.24 bits per heavy atom. The third-order valence-corrected chi connectivity index (χ3v) is 4.73. The van der Waals surface area contributed by atoms with Crippen LogP contribution in [0.3, 0.4) is 0 Å². The average Bonchev–Trinajstić information content (AvgIpc) is 2.71. The number of hydrogen-bond acceptors (Lipinski definition) is 6. The predicted octanol–water partition coefficient (Wildman–Crippen LogP) is 2.93. The number of nitro benzene ring substituents is 1. The van der Waals surface area contributed by atoms with Crippen molar-refractivity contribution < 1.29 is 14.8 Å². The minimum Gasteiger partial charge on any atom is -0.480 e. The molecular formula is C13H13N3O4S. The monoisotopic (exact) mass is 307 g/mol. The van der Waals surface area contributed by atoms with Crippen LogP contribution in [0.25, 0.3) is 10.2 Å². The zero-order valence-electron chi connectivity index (χ0n) is 11.3. The second-order valence-corrected chi connectivity index (χ2v) is 6.43. The molecule has 1 saturated carbocycles. The van der Waals surface area contributed by atoms with E-state index in [0.717, 1.165) is 16.1 Å². The maximum atomic E-state index is 11.4. The highest BCUT2D eigenvalue weighted by molar-refractivity contribution is 7.18. The zero-order chi connectivity index (χ0) is 15.2. The fraction of sp³-hybridized carbons (Fsp3) is 0.385. The van der Waals surface area contributed by atoms with Crippen LogP contribution in [0.15, 0.2) is 12.1 Å². The molecule has 1 aliphatic rings. The van der Waals surface area contributed by atoms with E-state index in [1.807, 2.05) is 6.92 Å². The summed E-state index contributed by atoms with van der Waals surface area (Å²) in [5.74, 6) is -0.974. The molecule has 0 saturated heterocycles. The molecular weight excluding hydrogens is 294 g/mol. The van der Waals surface area contributed by atoms with Gasteiger partial charge in [0.2, 0.25) is 0 Å². The van der Waals surface area contributed by atoms with Crippen LogP contribution in [0, 0.1) is 17.0 Å². The number of rotatable bonds is 4. The van der Waals surface area contributed by atoms with Crippen LogP contribution in [0.1, 0.15) is 24.3 Å². The van der Waals surface area contributed by atoms with Crippen LogP contribution < -0.4 is 5.32 Å². The molecule has 0 bridgehead atoms. The number of carboxylic acids is 1. The van der Waals surface area contributed by atoms with Gasteiger partial charge in [0.15, 0.2) is 0 Å². The van der Waals surface area contributed by atoms with Gasteiger partial charge in [-0.3, -0.25) is 10.1 Å². The van der Waals surface area contributed by atoms with Gasteiger partial charge in [0.25, 0.3) is 5.69 Å². The van der Waals surface area contributed by atoms with Crippen molar-refractivity contribution in [1.82, 2.24) is 4.98 Å². The van der Waals surface area contributed by atoms with E-state index in [1.165, 1.54) is 17.4 Å². The molecule has 0 atom stereocenters. The first-order valence-corrected chi connectivity index (χ1v) is 7.30. The van der Waals surface area contributed by atoms with Gasteiger partial charge >= 0.3 is 5.97 Å². The fourth-order valence-electron chi connectivity index (χ4n) is 2.51. The van der Waals surface area contributed by atoms with Gasteiger partial charge in [-0.05, 0) is 32.3 Å². The van der Waals surface area contributed by atoms with E-state index in [4.69, 9.17) is 0 Å². The first-order valence-electron chi connectivity index (χ1n) is 6.48. The van der Waals surface area contributed by atoms with E-state index < -0.39 is 16.4 Å². The van der Waals surface area contributed by atoms with Crippen molar-refractivity contribution in [3.63, 3.8) is 0 Å². The summed E-state index contributed by atoms with van der Waals surface area (Å²) in [5, 5.41) is 24.3. The van der Waals surface area contributed by atoms with Crippen LogP contribution in [-0.2, 0) is 4.79 Å². The van der Waals surface area contributed by atoms with Gasteiger partial charge in [-0.25, -0.2) is 9.78 Å². The number of nitro groups is 1. The van der Waals surface area contributed by atoms with E-state index in [1.54, 1.807) is 6.07 Å². The van der Waals surface area contributed by atoms with Crippen molar-refractivity contribution in [1.29, 1.82) is 0 Å². The summed E-state index contributed by atoms with van der Waals surface area (Å²) in [6.07, 6.45) is 1.73. The molecule has 2 aromatic rings. The SMILES string of the molecule is Cc1nc2cc(NC3(C(=O)O)CCC3)c([N+](=O)[O-])cc2s1. The molecule has 8 heteroatoms. The first kappa shape index (κ1) is 13.7. The Hall–Kier alpha value is -2.22. The second kappa shape index (κ2) is 4.66. The molecule has 2 N–H and O–H groups in total. The smallest absolute Gasteiger partial charge is 0.329 e. The summed E-state index contributed by atoms with van der Waals surface area (Å²) in [6.45, 7) is 1.83. The number of aromatic nitrogens is 1. The number of fused-ring (bicyclic) bond motifs is 1. The van der Waals surface area contributed by atoms with Crippen molar-refractivity contribution in [2.75, 3.05) is 5.32 Å². The minimum absolute atomic E-state index is 0.112. The van der Waals surface area contributed by atoms with Gasteiger partial charge in [-0.15, -0.1) is 11.3 Å². The molecule has 1 heterocycles. The number of nitrogens with one attached hydrogen (secondary N) is 1. The summed E-state index contributed by atoms with van der Waals surface area (Å²) < 4.78 is 0.725. The number of carbonyl (C=O) groups is 1. The quantitative estimate of drug-likeness (QED) is 0.664. The molecule has 0 radical (unpaired) electrons. The number of aliphatic carboxylic acids is 1. The number of nitrogens with zero attached hydrogens (tertiary/aromatic N) is 2. The predicted molar refractivity (Wildman–Crippen MR) is 78.9 cm³/mol. The standard InChI is InChI=1S/C13H13N3O4S/c1-7-14-9-5-8(10(16(19)20)6-11(9)21-7)15-13(12(17)18)3-2-4-13/h5-6,15H,2-4H2,1H3,(H,17,18). The fourth-order valence-corrected chi connectivity index (χ4v) is 3.35. The number of carboxylic acid groups (broad SMARTS) is 1. The molecule has 3 rings (SSSR count). The summed E-state index contributed by atoms with van der Waals surface area (Å²) in [4.78, 5) is 26.5. The molecule has 0 unspecified atom stereocenters. The number of thiazole rings is 1. The van der Waals surface area contributed by atoms with Gasteiger partial charge < -0.3 is 10.4 Å². The Labute approximate surface area is 123 Å². The third-order valence-electron chi connectivity index (χ3n) is 3.80. The van der Waals surface area contributed by atoms with Crippen molar-refractivity contribution >= 4 is 38.9 Å². The van der Waals surface area contributed by atoms with Gasteiger partial charge in [0.1, 0.15) is 11.2 Å². The highest BCUT2D eigenvalue weighted by Crippen LogP contribution is 2.40. The lowest BCUT2D eigenvalue weighted by molar-refractivity contribution is -0.383. The Balaban J connectivity index is 2.09. The van der Waals surface area contributed by atoms with Crippen molar-refractivity contribution in [2.24, 2.45) is 0 Å². The topological polar surface area (TPSA) is 105 Å². The largest absolute Gasteiger partial charge is 0.480 e. The molecule has 1 aromatic carbocycles. The molecule has 1 fully saturated rings. The van der Waals surface area contributed by atoms with Crippen LogP contribution >= 0.6 is 11.3 Å². The number of aryl methyl sites for hydroxylation is 1. The highest BCUT2D eigenvalue weighted by atomic mass is 32.1. The normalized spacial score (nSPS) is 16.4.